The Morgan fingerprint density at radius 1 is 1.12 bits per heavy atom. The molecule has 34 heavy (non-hydrogen) atoms. The maximum atomic E-state index is 13.7. The van der Waals surface area contributed by atoms with Crippen LogP contribution in [-0.4, -0.2) is 20.7 Å². The summed E-state index contributed by atoms with van der Waals surface area (Å²) in [7, 11) is 0. The molecule has 0 saturated carbocycles. The quantitative estimate of drug-likeness (QED) is 0.343. The van der Waals surface area contributed by atoms with Gasteiger partial charge in [0.2, 0.25) is 0 Å². The number of anilines is 1. The predicted octanol–water partition coefficient (Wildman–Crippen LogP) is 6.56. The Morgan fingerprint density at radius 3 is 2.71 bits per heavy atom. The Hall–Kier alpha value is -3.35. The van der Waals surface area contributed by atoms with Crippen LogP contribution in [0.1, 0.15) is 46.4 Å². The van der Waals surface area contributed by atoms with Crippen molar-refractivity contribution in [3.8, 4) is 11.4 Å². The summed E-state index contributed by atoms with van der Waals surface area (Å²) in [5.74, 6) is 0.719. The number of aromatic nitrogens is 2. The molecule has 7 heteroatoms. The number of phenols is 1. The van der Waals surface area contributed by atoms with Crippen molar-refractivity contribution in [2.24, 2.45) is 0 Å². The van der Waals surface area contributed by atoms with Crippen molar-refractivity contribution in [2.75, 3.05) is 5.32 Å². The van der Waals surface area contributed by atoms with E-state index in [0.717, 1.165) is 34.9 Å². The van der Waals surface area contributed by atoms with Gasteiger partial charge in [0.1, 0.15) is 11.6 Å². The van der Waals surface area contributed by atoms with Gasteiger partial charge >= 0.3 is 0 Å². The summed E-state index contributed by atoms with van der Waals surface area (Å²) in [6, 6.07) is 19.1. The normalized spacial score (nSPS) is 19.5. The first-order chi connectivity index (χ1) is 16.5. The molecular formula is C27H22ClN3O2S. The second-order valence-corrected chi connectivity index (χ2v) is 10.2. The second kappa shape index (κ2) is 8.15. The molecule has 2 aromatic carbocycles. The number of nitrogens with one attached hydrogen (secondary N) is 1. The number of fused-ring (bicyclic) bond motifs is 1. The standard InChI is InChI=1S/C27H22ClN3O2S/c1-15-24-25(19-14-17(28)9-10-21(19)32)26-20(12-16(13-22(26)33)23-8-5-11-34-23)29-27(24)31(30-15)18-6-3-2-4-7-18/h2-11,14,16,25,29,32H,12-13H2,1H3/t16-,25-/m1/s1. The number of hydrogen-bond donors (Lipinski definition) is 2. The molecule has 1 aliphatic carbocycles. The molecule has 4 aromatic rings. The monoisotopic (exact) mass is 487 g/mol. The van der Waals surface area contributed by atoms with Crippen molar-refractivity contribution < 1.29 is 9.90 Å². The van der Waals surface area contributed by atoms with Crippen LogP contribution in [0, 0.1) is 6.92 Å². The number of rotatable bonds is 3. The summed E-state index contributed by atoms with van der Waals surface area (Å²) in [6.07, 6.45) is 1.16. The van der Waals surface area contributed by atoms with E-state index in [4.69, 9.17) is 16.7 Å². The summed E-state index contributed by atoms with van der Waals surface area (Å²) < 4.78 is 1.89. The molecule has 0 saturated heterocycles. The maximum absolute atomic E-state index is 13.7. The number of phenolic OH excluding ortho intramolecular Hbond substituents is 1. The van der Waals surface area contributed by atoms with E-state index in [1.165, 1.54) is 4.88 Å². The number of hydrogen-bond acceptors (Lipinski definition) is 5. The Bertz CT molecular complexity index is 1440. The molecule has 1 aliphatic heterocycles. The third-order valence-electron chi connectivity index (χ3n) is 6.71. The zero-order chi connectivity index (χ0) is 23.4. The van der Waals surface area contributed by atoms with E-state index in [1.54, 1.807) is 29.5 Å². The summed E-state index contributed by atoms with van der Waals surface area (Å²) in [6.45, 7) is 1.95. The number of ketones is 1. The number of halogens is 1. The van der Waals surface area contributed by atoms with Gasteiger partial charge in [0.05, 0.1) is 11.4 Å². The highest BCUT2D eigenvalue weighted by atomic mass is 35.5. The Morgan fingerprint density at radius 2 is 1.94 bits per heavy atom. The Labute approximate surface area is 206 Å². The van der Waals surface area contributed by atoms with Gasteiger partial charge in [0, 0.05) is 50.6 Å². The summed E-state index contributed by atoms with van der Waals surface area (Å²) in [5.41, 5.74) is 4.84. The van der Waals surface area contributed by atoms with E-state index in [0.29, 0.717) is 22.6 Å². The minimum absolute atomic E-state index is 0.0917. The third kappa shape index (κ3) is 3.37. The average molecular weight is 488 g/mol. The number of aryl methyl sites for hydroxylation is 1. The molecule has 2 N–H and O–H groups in total. The SMILES string of the molecule is Cc1nn(-c2ccccc2)c2c1[C@@H](c1cc(Cl)ccc1O)C1=C(C[C@@H](c3cccs3)CC1=O)N2. The fraction of sp³-hybridized carbons (Fsp3) is 0.185. The van der Waals surface area contributed by atoms with Crippen LogP contribution in [0.25, 0.3) is 5.69 Å². The zero-order valence-electron chi connectivity index (χ0n) is 18.5. The number of para-hydroxylation sites is 1. The Balaban J connectivity index is 1.58. The molecule has 170 valence electrons. The van der Waals surface area contributed by atoms with Crippen LogP contribution >= 0.6 is 22.9 Å². The van der Waals surface area contributed by atoms with E-state index in [-0.39, 0.29) is 17.5 Å². The zero-order valence-corrected chi connectivity index (χ0v) is 20.0. The molecule has 0 radical (unpaired) electrons. The van der Waals surface area contributed by atoms with Gasteiger partial charge in [-0.15, -0.1) is 11.3 Å². The summed E-state index contributed by atoms with van der Waals surface area (Å²) in [4.78, 5) is 14.9. The molecule has 3 heterocycles. The van der Waals surface area contributed by atoms with Crippen molar-refractivity contribution in [1.29, 1.82) is 0 Å². The van der Waals surface area contributed by atoms with Crippen molar-refractivity contribution >= 4 is 34.5 Å². The molecule has 2 atom stereocenters. The third-order valence-corrected chi connectivity index (χ3v) is 7.98. The van der Waals surface area contributed by atoms with E-state index < -0.39 is 5.92 Å². The summed E-state index contributed by atoms with van der Waals surface area (Å²) >= 11 is 8.04. The van der Waals surface area contributed by atoms with Gasteiger partial charge in [-0.2, -0.15) is 5.10 Å². The van der Waals surface area contributed by atoms with Crippen LogP contribution in [0.4, 0.5) is 5.82 Å². The number of thiophene rings is 1. The second-order valence-electron chi connectivity index (χ2n) is 8.79. The molecule has 5 nitrogen and oxygen atoms in total. The van der Waals surface area contributed by atoms with E-state index in [1.807, 2.05) is 48.0 Å². The summed E-state index contributed by atoms with van der Waals surface area (Å²) in [5, 5.41) is 21.9. The first-order valence-corrected chi connectivity index (χ1v) is 12.5. The molecule has 0 bridgehead atoms. The number of Topliss-reactive ketones (excluding diaryl/α,β-unsaturated/α-hetero) is 1. The average Bonchev–Trinajstić information content (AvgIpc) is 3.49. The minimum atomic E-state index is -0.445. The largest absolute Gasteiger partial charge is 0.508 e. The molecule has 2 aliphatic rings. The molecule has 0 spiro atoms. The van der Waals surface area contributed by atoms with Gasteiger partial charge in [-0.05, 0) is 55.1 Å². The first-order valence-electron chi connectivity index (χ1n) is 11.2. The maximum Gasteiger partial charge on any atom is 0.162 e. The van der Waals surface area contributed by atoms with Crippen molar-refractivity contribution in [3.05, 3.63) is 104 Å². The highest BCUT2D eigenvalue weighted by molar-refractivity contribution is 7.10. The van der Waals surface area contributed by atoms with Crippen molar-refractivity contribution in [1.82, 2.24) is 9.78 Å². The molecule has 0 unspecified atom stereocenters. The van der Waals surface area contributed by atoms with Crippen LogP contribution in [0.2, 0.25) is 5.02 Å². The highest BCUT2D eigenvalue weighted by Crippen LogP contribution is 2.51. The van der Waals surface area contributed by atoms with Crippen LogP contribution in [0.3, 0.4) is 0 Å². The molecule has 0 fully saturated rings. The van der Waals surface area contributed by atoms with Gasteiger partial charge in [0.25, 0.3) is 0 Å². The van der Waals surface area contributed by atoms with Crippen molar-refractivity contribution in [2.45, 2.75) is 31.6 Å². The van der Waals surface area contributed by atoms with Crippen molar-refractivity contribution in [3.63, 3.8) is 0 Å². The van der Waals surface area contributed by atoms with Gasteiger partial charge < -0.3 is 10.4 Å². The molecule has 6 rings (SSSR count). The number of nitrogens with zero attached hydrogens (tertiary/aromatic N) is 2. The van der Waals surface area contributed by atoms with Crippen LogP contribution in [0.5, 0.6) is 5.75 Å². The van der Waals surface area contributed by atoms with E-state index in [9.17, 15) is 9.90 Å². The number of carbonyl (C=O) groups excluding carboxylic acids is 1. The van der Waals surface area contributed by atoms with Gasteiger partial charge in [-0.1, -0.05) is 35.9 Å². The fourth-order valence-corrected chi connectivity index (χ4v) is 6.24. The lowest BCUT2D eigenvalue weighted by Gasteiger charge is -2.35. The Kier molecular flexibility index (Phi) is 5.08. The van der Waals surface area contributed by atoms with Gasteiger partial charge in [0.15, 0.2) is 5.78 Å². The number of aromatic hydroxyl groups is 1. The first kappa shape index (κ1) is 21.2. The van der Waals surface area contributed by atoms with Crippen LogP contribution in [-0.2, 0) is 4.79 Å². The lowest BCUT2D eigenvalue weighted by Crippen LogP contribution is -2.30. The number of benzene rings is 2. The minimum Gasteiger partial charge on any atom is -0.508 e. The van der Waals surface area contributed by atoms with E-state index >= 15 is 0 Å². The topological polar surface area (TPSA) is 67.1 Å². The van der Waals surface area contributed by atoms with Crippen LogP contribution < -0.4 is 5.32 Å². The van der Waals surface area contributed by atoms with Crippen LogP contribution in [0.15, 0.2) is 77.3 Å². The number of carbonyl (C=O) groups is 1. The smallest absolute Gasteiger partial charge is 0.162 e. The fourth-order valence-electron chi connectivity index (χ4n) is 5.22. The molecule has 2 aromatic heterocycles. The number of allylic oxidation sites excluding steroid dienone is 2. The lowest BCUT2D eigenvalue weighted by molar-refractivity contribution is -0.116. The molecule has 0 amide bonds. The molecular weight excluding hydrogens is 466 g/mol. The highest BCUT2D eigenvalue weighted by Gasteiger charge is 2.42. The van der Waals surface area contributed by atoms with Gasteiger partial charge in [-0.3, -0.25) is 4.79 Å². The van der Waals surface area contributed by atoms with Gasteiger partial charge in [-0.25, -0.2) is 4.68 Å². The van der Waals surface area contributed by atoms with E-state index in [2.05, 4.69) is 16.8 Å². The predicted molar refractivity (Wildman–Crippen MR) is 135 cm³/mol. The lowest BCUT2D eigenvalue weighted by atomic mass is 9.73.